The average Bonchev–Trinajstić information content (AvgIpc) is 3.22. The number of primary amides is 1. The molecule has 1 unspecified atom stereocenters. The summed E-state index contributed by atoms with van der Waals surface area (Å²) in [6, 6.07) is 13.8. The lowest BCUT2D eigenvalue weighted by molar-refractivity contribution is -0.137. The van der Waals surface area contributed by atoms with E-state index in [1.54, 1.807) is 29.8 Å². The third-order valence-electron chi connectivity index (χ3n) is 4.15. The highest BCUT2D eigenvalue weighted by Gasteiger charge is 2.27. The molecule has 2 aromatic heterocycles. The summed E-state index contributed by atoms with van der Waals surface area (Å²) in [7, 11) is 0. The zero-order valence-corrected chi connectivity index (χ0v) is 15.7. The lowest BCUT2D eigenvalue weighted by Gasteiger charge is -2.16. The van der Waals surface area contributed by atoms with Crippen molar-refractivity contribution in [3.05, 3.63) is 71.4 Å². The van der Waals surface area contributed by atoms with Crippen LogP contribution in [-0.4, -0.2) is 33.0 Å². The van der Waals surface area contributed by atoms with Crippen LogP contribution in [0.3, 0.4) is 0 Å². The molecule has 0 aliphatic heterocycles. The van der Waals surface area contributed by atoms with E-state index in [2.05, 4.69) is 14.7 Å². The van der Waals surface area contributed by atoms with Crippen molar-refractivity contribution in [3.63, 3.8) is 0 Å². The van der Waals surface area contributed by atoms with E-state index in [4.69, 9.17) is 5.73 Å². The van der Waals surface area contributed by atoms with Crippen molar-refractivity contribution >= 4 is 29.1 Å². The van der Waals surface area contributed by atoms with Crippen LogP contribution < -0.4 is 11.1 Å². The van der Waals surface area contributed by atoms with Gasteiger partial charge in [0.25, 0.3) is 11.8 Å². The molecule has 0 bridgehead atoms. The van der Waals surface area contributed by atoms with E-state index in [0.29, 0.717) is 17.7 Å². The first-order valence-electron chi connectivity index (χ1n) is 8.60. The number of carbonyl (C=O) groups is 3. The van der Waals surface area contributed by atoms with Crippen LogP contribution in [0.15, 0.2) is 60.1 Å². The molecule has 3 aromatic rings. The smallest absolute Gasteiger partial charge is 0.287 e. The molecule has 0 fully saturated rings. The number of Topliss-reactive ketones (excluding diaryl/α,β-unsaturated/α-hetero) is 1. The third-order valence-corrected chi connectivity index (χ3v) is 4.78. The Labute approximate surface area is 165 Å². The van der Waals surface area contributed by atoms with Gasteiger partial charge in [0.05, 0.1) is 11.7 Å². The lowest BCUT2D eigenvalue weighted by Crippen LogP contribution is -2.46. The first kappa shape index (κ1) is 19.4. The zero-order valence-electron chi connectivity index (χ0n) is 14.9. The fourth-order valence-corrected chi connectivity index (χ4v) is 3.40. The molecule has 3 rings (SSSR count). The number of pyridine rings is 1. The van der Waals surface area contributed by atoms with E-state index in [1.807, 2.05) is 30.3 Å². The third kappa shape index (κ3) is 4.66. The second-order valence-corrected chi connectivity index (χ2v) is 6.70. The van der Waals surface area contributed by atoms with Crippen molar-refractivity contribution in [2.24, 2.45) is 5.73 Å². The number of nitrogens with zero attached hydrogens (tertiary/aromatic N) is 2. The summed E-state index contributed by atoms with van der Waals surface area (Å²) in [6.07, 6.45) is 2.38. The Hall–Kier alpha value is -3.39. The Morgan fingerprint density at radius 1 is 1.07 bits per heavy atom. The van der Waals surface area contributed by atoms with Crippen molar-refractivity contribution in [3.8, 4) is 11.3 Å². The van der Waals surface area contributed by atoms with E-state index in [-0.39, 0.29) is 12.1 Å². The summed E-state index contributed by atoms with van der Waals surface area (Å²) in [5.41, 5.74) is 7.47. The Bertz CT molecular complexity index is 973. The molecule has 1 atom stereocenters. The molecular weight excluding hydrogens is 376 g/mol. The van der Waals surface area contributed by atoms with E-state index < -0.39 is 23.6 Å². The SMILES string of the molecule is NC(=O)C(=O)C(CCc1ccccc1)NC(=O)c1nscc1-c1ccccn1. The highest BCUT2D eigenvalue weighted by molar-refractivity contribution is 7.04. The van der Waals surface area contributed by atoms with Crippen molar-refractivity contribution in [2.45, 2.75) is 18.9 Å². The van der Waals surface area contributed by atoms with Crippen LogP contribution in [0.4, 0.5) is 0 Å². The topological polar surface area (TPSA) is 115 Å². The monoisotopic (exact) mass is 394 g/mol. The van der Waals surface area contributed by atoms with Crippen molar-refractivity contribution in [2.75, 3.05) is 0 Å². The van der Waals surface area contributed by atoms with Crippen molar-refractivity contribution in [1.29, 1.82) is 0 Å². The number of aromatic nitrogens is 2. The number of amides is 2. The van der Waals surface area contributed by atoms with Crippen molar-refractivity contribution < 1.29 is 14.4 Å². The number of benzene rings is 1. The molecule has 28 heavy (non-hydrogen) atoms. The van der Waals surface area contributed by atoms with E-state index in [1.165, 1.54) is 0 Å². The van der Waals surface area contributed by atoms with Gasteiger partial charge in [-0.05, 0) is 42.1 Å². The van der Waals surface area contributed by atoms with Gasteiger partial charge >= 0.3 is 0 Å². The number of aryl methyl sites for hydroxylation is 1. The number of hydrogen-bond acceptors (Lipinski definition) is 6. The zero-order chi connectivity index (χ0) is 19.9. The molecule has 0 aliphatic rings. The maximum Gasteiger partial charge on any atom is 0.287 e. The predicted octanol–water partition coefficient (Wildman–Crippen LogP) is 1.99. The van der Waals surface area contributed by atoms with Gasteiger partial charge in [0.1, 0.15) is 0 Å². The van der Waals surface area contributed by atoms with E-state index >= 15 is 0 Å². The number of ketones is 1. The van der Waals surface area contributed by atoms with Gasteiger partial charge in [0.15, 0.2) is 5.69 Å². The fourth-order valence-electron chi connectivity index (χ4n) is 2.73. The molecule has 7 nitrogen and oxygen atoms in total. The normalized spacial score (nSPS) is 11.6. The molecule has 0 saturated heterocycles. The maximum atomic E-state index is 12.7. The predicted molar refractivity (Wildman–Crippen MR) is 106 cm³/mol. The molecule has 0 radical (unpaired) electrons. The van der Waals surface area contributed by atoms with E-state index in [9.17, 15) is 14.4 Å². The van der Waals surface area contributed by atoms with Crippen LogP contribution in [0.2, 0.25) is 0 Å². The lowest BCUT2D eigenvalue weighted by atomic mass is 10.0. The number of hydrogen-bond donors (Lipinski definition) is 2. The first-order valence-corrected chi connectivity index (χ1v) is 9.44. The molecule has 0 spiro atoms. The van der Waals surface area contributed by atoms with Crippen LogP contribution >= 0.6 is 11.5 Å². The van der Waals surface area contributed by atoms with Gasteiger partial charge in [-0.2, -0.15) is 4.37 Å². The maximum absolute atomic E-state index is 12.7. The summed E-state index contributed by atoms with van der Waals surface area (Å²) in [5, 5.41) is 4.32. The summed E-state index contributed by atoms with van der Waals surface area (Å²) in [6.45, 7) is 0. The Morgan fingerprint density at radius 3 is 2.50 bits per heavy atom. The van der Waals surface area contributed by atoms with Crippen LogP contribution in [0.5, 0.6) is 0 Å². The van der Waals surface area contributed by atoms with Crippen LogP contribution in [0.1, 0.15) is 22.5 Å². The van der Waals surface area contributed by atoms with Gasteiger partial charge < -0.3 is 11.1 Å². The summed E-state index contributed by atoms with van der Waals surface area (Å²) >= 11 is 1.11. The quantitative estimate of drug-likeness (QED) is 0.567. The molecule has 1 aromatic carbocycles. The summed E-state index contributed by atoms with van der Waals surface area (Å²) in [5.74, 6) is -2.46. The molecule has 3 N–H and O–H groups in total. The molecule has 2 amide bonds. The second kappa shape index (κ2) is 9.01. The highest BCUT2D eigenvalue weighted by Crippen LogP contribution is 2.23. The van der Waals surface area contributed by atoms with Gasteiger partial charge in [-0.1, -0.05) is 36.4 Å². The Balaban J connectivity index is 1.77. The van der Waals surface area contributed by atoms with Crippen molar-refractivity contribution in [1.82, 2.24) is 14.7 Å². The summed E-state index contributed by atoms with van der Waals surface area (Å²) < 4.78 is 4.13. The highest BCUT2D eigenvalue weighted by atomic mass is 32.1. The molecule has 0 saturated carbocycles. The minimum absolute atomic E-state index is 0.158. The molecule has 142 valence electrons. The largest absolute Gasteiger partial charge is 0.363 e. The number of nitrogens with one attached hydrogen (secondary N) is 1. The van der Waals surface area contributed by atoms with Crippen LogP contribution in [0, 0.1) is 0 Å². The number of nitrogens with two attached hydrogens (primary N) is 1. The number of rotatable bonds is 8. The number of carbonyl (C=O) groups excluding carboxylic acids is 3. The van der Waals surface area contributed by atoms with Gasteiger partial charge in [-0.15, -0.1) is 0 Å². The van der Waals surface area contributed by atoms with Gasteiger partial charge in [-0.25, -0.2) is 0 Å². The fraction of sp³-hybridized carbons (Fsp3) is 0.150. The molecular formula is C20H18N4O3S. The van der Waals surface area contributed by atoms with Gasteiger partial charge in [0.2, 0.25) is 5.78 Å². The van der Waals surface area contributed by atoms with E-state index in [0.717, 1.165) is 17.1 Å². The average molecular weight is 394 g/mol. The van der Waals surface area contributed by atoms with Crippen LogP contribution in [0.25, 0.3) is 11.3 Å². The van der Waals surface area contributed by atoms with Gasteiger partial charge in [0, 0.05) is 17.1 Å². The second-order valence-electron chi connectivity index (χ2n) is 6.07. The first-order chi connectivity index (χ1) is 13.6. The molecule has 2 heterocycles. The standard InChI is InChI=1S/C20H18N4O3S/c21-19(26)18(25)16(10-9-13-6-2-1-3-7-13)23-20(27)17-14(12-28-24-17)15-8-4-5-11-22-15/h1-8,11-12,16H,9-10H2,(H2,21,26)(H,23,27). The molecule has 0 aliphatic carbocycles. The van der Waals surface area contributed by atoms with Crippen LogP contribution in [-0.2, 0) is 16.0 Å². The summed E-state index contributed by atoms with van der Waals surface area (Å²) in [4.78, 5) is 40.6. The minimum Gasteiger partial charge on any atom is -0.363 e. The Morgan fingerprint density at radius 2 is 1.82 bits per heavy atom. The minimum atomic E-state index is -1.08. The Kier molecular flexibility index (Phi) is 6.23. The van der Waals surface area contributed by atoms with Gasteiger partial charge in [-0.3, -0.25) is 19.4 Å². The molecule has 8 heteroatoms.